The summed E-state index contributed by atoms with van der Waals surface area (Å²) in [6.45, 7) is 3.29. The van der Waals surface area contributed by atoms with E-state index in [1.807, 2.05) is 17.5 Å². The molecule has 1 aliphatic heterocycles. The number of anilines is 3. The quantitative estimate of drug-likeness (QED) is 0.461. The van der Waals surface area contributed by atoms with Gasteiger partial charge in [-0.3, -0.25) is 0 Å². The highest BCUT2D eigenvalue weighted by Gasteiger charge is 2.13. The lowest BCUT2D eigenvalue weighted by molar-refractivity contribution is 0.122. The van der Waals surface area contributed by atoms with E-state index in [9.17, 15) is 8.42 Å². The Morgan fingerprint density at radius 1 is 1.03 bits per heavy atom. The highest BCUT2D eigenvalue weighted by molar-refractivity contribution is 7.89. The van der Waals surface area contributed by atoms with Crippen LogP contribution in [0.1, 0.15) is 0 Å². The predicted molar refractivity (Wildman–Crippen MR) is 127 cm³/mol. The second kappa shape index (κ2) is 8.47. The molecule has 0 amide bonds. The molecule has 0 atom stereocenters. The molecule has 0 radical (unpaired) electrons. The highest BCUT2D eigenvalue weighted by Crippen LogP contribution is 2.33. The molecule has 0 spiro atoms. The first-order chi connectivity index (χ1) is 15.5. The van der Waals surface area contributed by atoms with E-state index < -0.39 is 10.0 Å². The van der Waals surface area contributed by atoms with Crippen LogP contribution in [0, 0.1) is 0 Å². The Labute approximate surface area is 189 Å². The highest BCUT2D eigenvalue weighted by atomic mass is 32.2. The van der Waals surface area contributed by atoms with E-state index in [2.05, 4.69) is 27.3 Å². The van der Waals surface area contributed by atoms with E-state index in [1.54, 1.807) is 18.3 Å². The number of aromatic nitrogens is 2. The van der Waals surface area contributed by atoms with E-state index >= 15 is 0 Å². The molecule has 0 bridgehead atoms. The smallest absolute Gasteiger partial charge is 0.238 e. The van der Waals surface area contributed by atoms with Gasteiger partial charge >= 0.3 is 0 Å². The molecule has 2 aromatic heterocycles. The molecule has 2 aromatic carbocycles. The standard InChI is InChI=1S/C22H21N5O3S2/c23-32(28,29)18-7-1-15(2-8-18)19-14-31-20-13-24-22(26-21(19)20)25-16-3-5-17(6-4-16)27-9-11-30-12-10-27/h1-8,13-14H,9-12H2,(H2,23,28,29)(H,24,25,26). The zero-order valence-electron chi connectivity index (χ0n) is 17.1. The van der Waals surface area contributed by atoms with E-state index in [0.717, 1.165) is 53.3 Å². The van der Waals surface area contributed by atoms with E-state index in [0.29, 0.717) is 5.95 Å². The van der Waals surface area contributed by atoms with Crippen molar-refractivity contribution in [2.24, 2.45) is 5.14 Å². The number of sulfonamides is 1. The first-order valence-electron chi connectivity index (χ1n) is 10.0. The number of nitrogens with two attached hydrogens (primary N) is 1. The molecule has 32 heavy (non-hydrogen) atoms. The molecule has 1 aliphatic rings. The molecule has 8 nitrogen and oxygen atoms in total. The van der Waals surface area contributed by atoms with Gasteiger partial charge in [-0.2, -0.15) is 0 Å². The van der Waals surface area contributed by atoms with Crippen LogP contribution < -0.4 is 15.4 Å². The van der Waals surface area contributed by atoms with Crippen LogP contribution in [0.15, 0.2) is 65.0 Å². The third-order valence-corrected chi connectivity index (χ3v) is 7.14. The summed E-state index contributed by atoms with van der Waals surface area (Å²) < 4.78 is 29.4. The summed E-state index contributed by atoms with van der Waals surface area (Å²) in [5, 5.41) is 10.5. The second-order valence-electron chi connectivity index (χ2n) is 7.40. The monoisotopic (exact) mass is 467 g/mol. The minimum absolute atomic E-state index is 0.0818. The molecule has 3 heterocycles. The van der Waals surface area contributed by atoms with Crippen molar-refractivity contribution in [3.63, 3.8) is 0 Å². The Kier molecular flexibility index (Phi) is 5.51. The number of hydrogen-bond donors (Lipinski definition) is 2. The van der Waals surface area contributed by atoms with Crippen molar-refractivity contribution in [1.29, 1.82) is 0 Å². The van der Waals surface area contributed by atoms with Crippen molar-refractivity contribution in [2.75, 3.05) is 36.5 Å². The number of rotatable bonds is 5. The normalized spacial score (nSPS) is 14.6. The average molecular weight is 468 g/mol. The SMILES string of the molecule is NS(=O)(=O)c1ccc(-c2csc3cnc(Nc4ccc(N5CCOCC5)cc4)nc23)cc1. The molecule has 164 valence electrons. The summed E-state index contributed by atoms with van der Waals surface area (Å²) in [5.41, 5.74) is 4.65. The van der Waals surface area contributed by atoms with Crippen molar-refractivity contribution in [1.82, 2.24) is 9.97 Å². The van der Waals surface area contributed by atoms with Crippen LogP contribution in [0.4, 0.5) is 17.3 Å². The third-order valence-electron chi connectivity index (χ3n) is 5.31. The Hall–Kier alpha value is -3.05. The van der Waals surface area contributed by atoms with Crippen LogP contribution in [0.25, 0.3) is 21.3 Å². The van der Waals surface area contributed by atoms with Crippen molar-refractivity contribution in [2.45, 2.75) is 4.90 Å². The van der Waals surface area contributed by atoms with Crippen molar-refractivity contribution in [3.05, 3.63) is 60.1 Å². The molecule has 0 unspecified atom stereocenters. The molecule has 0 saturated carbocycles. The van der Waals surface area contributed by atoms with E-state index in [4.69, 9.17) is 14.9 Å². The molecule has 1 fully saturated rings. The zero-order valence-corrected chi connectivity index (χ0v) is 18.7. The number of thiophene rings is 1. The topological polar surface area (TPSA) is 110 Å². The van der Waals surface area contributed by atoms with Crippen molar-refractivity contribution >= 4 is 48.9 Å². The number of benzene rings is 2. The largest absolute Gasteiger partial charge is 0.378 e. The maximum atomic E-state index is 11.5. The maximum Gasteiger partial charge on any atom is 0.238 e. The summed E-state index contributed by atoms with van der Waals surface area (Å²) in [4.78, 5) is 11.5. The van der Waals surface area contributed by atoms with Gasteiger partial charge in [-0.15, -0.1) is 11.3 Å². The van der Waals surface area contributed by atoms with Crippen molar-refractivity contribution < 1.29 is 13.2 Å². The van der Waals surface area contributed by atoms with Crippen LogP contribution in [0.3, 0.4) is 0 Å². The van der Waals surface area contributed by atoms with Gasteiger partial charge in [0.1, 0.15) is 0 Å². The third kappa shape index (κ3) is 4.30. The zero-order chi connectivity index (χ0) is 22.1. The number of nitrogens with zero attached hydrogens (tertiary/aromatic N) is 3. The minimum atomic E-state index is -3.72. The number of ether oxygens (including phenoxy) is 1. The summed E-state index contributed by atoms with van der Waals surface area (Å²) in [5.74, 6) is 0.498. The first kappa shape index (κ1) is 20.8. The van der Waals surface area contributed by atoms with Gasteiger partial charge in [0.05, 0.1) is 34.5 Å². The Morgan fingerprint density at radius 2 is 1.75 bits per heavy atom. The maximum absolute atomic E-state index is 11.5. The first-order valence-corrected chi connectivity index (χ1v) is 12.5. The number of hydrogen-bond acceptors (Lipinski definition) is 8. The van der Waals surface area contributed by atoms with Crippen LogP contribution in [-0.2, 0) is 14.8 Å². The number of morpholine rings is 1. The average Bonchev–Trinajstić information content (AvgIpc) is 3.23. The van der Waals surface area contributed by atoms with Gasteiger partial charge in [-0.05, 0) is 42.0 Å². The molecular formula is C22H21N5O3S2. The number of primary sulfonamides is 1. The fourth-order valence-electron chi connectivity index (χ4n) is 3.62. The van der Waals surface area contributed by atoms with Gasteiger partial charge < -0.3 is 15.0 Å². The molecule has 4 aromatic rings. The van der Waals surface area contributed by atoms with Gasteiger partial charge in [0.15, 0.2) is 0 Å². The van der Waals surface area contributed by atoms with Gasteiger partial charge in [-0.1, -0.05) is 12.1 Å². The summed E-state index contributed by atoms with van der Waals surface area (Å²) in [7, 11) is -3.72. The fourth-order valence-corrected chi connectivity index (χ4v) is 5.01. The fraction of sp³-hybridized carbons (Fsp3) is 0.182. The predicted octanol–water partition coefficient (Wildman–Crippen LogP) is 3.59. The van der Waals surface area contributed by atoms with Crippen LogP contribution in [-0.4, -0.2) is 44.7 Å². The molecule has 10 heteroatoms. The minimum Gasteiger partial charge on any atom is -0.378 e. The van der Waals surface area contributed by atoms with Gasteiger partial charge in [0.2, 0.25) is 16.0 Å². The van der Waals surface area contributed by atoms with E-state index in [-0.39, 0.29) is 4.90 Å². The second-order valence-corrected chi connectivity index (χ2v) is 9.87. The number of fused-ring (bicyclic) bond motifs is 1. The summed E-state index contributed by atoms with van der Waals surface area (Å²) in [6, 6.07) is 14.7. The Bertz CT molecular complexity index is 1350. The Morgan fingerprint density at radius 3 is 2.44 bits per heavy atom. The van der Waals surface area contributed by atoms with E-state index in [1.165, 1.54) is 29.2 Å². The van der Waals surface area contributed by atoms with Crippen LogP contribution in [0.2, 0.25) is 0 Å². The van der Waals surface area contributed by atoms with Crippen molar-refractivity contribution in [3.8, 4) is 11.1 Å². The molecule has 1 saturated heterocycles. The Balaban J connectivity index is 1.39. The van der Waals surface area contributed by atoms with Gasteiger partial charge in [-0.25, -0.2) is 23.5 Å². The lowest BCUT2D eigenvalue weighted by Crippen LogP contribution is -2.36. The van der Waals surface area contributed by atoms with Gasteiger partial charge in [0.25, 0.3) is 0 Å². The molecular weight excluding hydrogens is 446 g/mol. The van der Waals surface area contributed by atoms with Crippen LogP contribution >= 0.6 is 11.3 Å². The molecule has 5 rings (SSSR count). The summed E-state index contributed by atoms with van der Waals surface area (Å²) >= 11 is 1.54. The summed E-state index contributed by atoms with van der Waals surface area (Å²) in [6.07, 6.45) is 1.79. The number of nitrogens with one attached hydrogen (secondary N) is 1. The molecule has 0 aliphatic carbocycles. The molecule has 3 N–H and O–H groups in total. The lowest BCUT2D eigenvalue weighted by atomic mass is 10.1. The van der Waals surface area contributed by atoms with Crippen LogP contribution in [0.5, 0.6) is 0 Å². The lowest BCUT2D eigenvalue weighted by Gasteiger charge is -2.28. The van der Waals surface area contributed by atoms with Gasteiger partial charge in [0, 0.05) is 35.4 Å².